The fraction of sp³-hybridized carbons (Fsp3) is 0.441. The molecule has 15 heteroatoms. The number of esters is 2. The molecule has 3 aromatic rings. The van der Waals surface area contributed by atoms with Crippen LogP contribution in [0.5, 0.6) is 17.4 Å². The molecule has 0 aliphatic rings. The number of methoxy groups -OCH3 is 1. The Morgan fingerprint density at radius 1 is 0.939 bits per heavy atom. The van der Waals surface area contributed by atoms with Crippen molar-refractivity contribution in [2.45, 2.75) is 81.7 Å². The van der Waals surface area contributed by atoms with Crippen molar-refractivity contribution in [3.05, 3.63) is 59.3 Å². The summed E-state index contributed by atoms with van der Waals surface area (Å²) in [6.45, 7) is 3.99. The molecule has 0 unspecified atom stereocenters. The molecule has 1 heterocycles. The predicted molar refractivity (Wildman–Crippen MR) is 174 cm³/mol. The maximum Gasteiger partial charge on any atom is 0.415 e. The van der Waals surface area contributed by atoms with E-state index in [0.29, 0.717) is 24.6 Å². The Kier molecular flexibility index (Phi) is 15.4. The van der Waals surface area contributed by atoms with Gasteiger partial charge in [0.25, 0.3) is 9.84 Å². The van der Waals surface area contributed by atoms with Crippen LogP contribution in [0.15, 0.2) is 63.1 Å². The third-order valence-corrected chi connectivity index (χ3v) is 8.70. The molecular formula is C34H41N3O11S. The van der Waals surface area contributed by atoms with Crippen molar-refractivity contribution >= 4 is 27.7 Å². The summed E-state index contributed by atoms with van der Waals surface area (Å²) in [5.74, 6) is 4.16. The molecule has 1 amide bonds. The number of carbonyl (C=O) groups is 3. The van der Waals surface area contributed by atoms with Gasteiger partial charge in [0, 0.05) is 13.0 Å². The van der Waals surface area contributed by atoms with E-state index in [2.05, 4.69) is 40.8 Å². The van der Waals surface area contributed by atoms with Crippen LogP contribution in [0.4, 0.5) is 0 Å². The lowest BCUT2D eigenvalue weighted by Crippen LogP contribution is -2.30. The molecule has 3 rings (SSSR count). The van der Waals surface area contributed by atoms with Crippen LogP contribution in [0.1, 0.15) is 70.8 Å². The third kappa shape index (κ3) is 12.8. The van der Waals surface area contributed by atoms with E-state index in [1.807, 2.05) is 0 Å². The number of ether oxygens (including phenoxy) is 4. The number of unbranched alkanes of at least 4 members (excludes halogenated alkanes) is 3. The van der Waals surface area contributed by atoms with Crippen molar-refractivity contribution in [2.24, 2.45) is 5.92 Å². The highest BCUT2D eigenvalue weighted by atomic mass is 32.2. The summed E-state index contributed by atoms with van der Waals surface area (Å²) in [4.78, 5) is 36.2. The first kappa shape index (κ1) is 38.3. The lowest BCUT2D eigenvalue weighted by Gasteiger charge is -2.12. The quantitative estimate of drug-likeness (QED) is 0.0622. The zero-order chi connectivity index (χ0) is 35.6. The highest BCUT2D eigenvalue weighted by Crippen LogP contribution is 2.29. The number of sulfone groups is 1. The number of amides is 1. The Bertz CT molecular complexity index is 1710. The first-order valence-corrected chi connectivity index (χ1v) is 17.3. The molecule has 49 heavy (non-hydrogen) atoms. The number of hydrogen-bond acceptors (Lipinski definition) is 12. The van der Waals surface area contributed by atoms with Gasteiger partial charge in [-0.2, -0.15) is 0 Å². The predicted octanol–water partition coefficient (Wildman–Crippen LogP) is 4.07. The van der Waals surface area contributed by atoms with Gasteiger partial charge in [-0.1, -0.05) is 75.6 Å². The van der Waals surface area contributed by atoms with Crippen LogP contribution < -0.4 is 24.4 Å². The van der Waals surface area contributed by atoms with Gasteiger partial charge in [0.15, 0.2) is 24.7 Å². The molecular weight excluding hydrogens is 658 g/mol. The second-order valence-electron chi connectivity index (χ2n) is 11.2. The second kappa shape index (κ2) is 19.7. The summed E-state index contributed by atoms with van der Waals surface area (Å²) in [5.41, 5.74) is 0.768. The summed E-state index contributed by atoms with van der Waals surface area (Å²) in [7, 11) is -2.85. The topological polar surface area (TPSA) is 187 Å². The van der Waals surface area contributed by atoms with Crippen molar-refractivity contribution in [3.63, 3.8) is 0 Å². The van der Waals surface area contributed by atoms with Crippen molar-refractivity contribution in [2.75, 3.05) is 20.3 Å². The summed E-state index contributed by atoms with van der Waals surface area (Å²) in [5, 5.41) is 17.3. The fourth-order valence-electron chi connectivity index (χ4n) is 4.40. The van der Waals surface area contributed by atoms with E-state index in [1.54, 1.807) is 24.3 Å². The Hall–Kier alpha value is -5.10. The smallest absolute Gasteiger partial charge is 0.415 e. The van der Waals surface area contributed by atoms with Crippen LogP contribution in [0.2, 0.25) is 0 Å². The van der Waals surface area contributed by atoms with Gasteiger partial charge in [0.2, 0.25) is 5.91 Å². The number of hydrogen-bond donors (Lipinski definition) is 1. The van der Waals surface area contributed by atoms with Crippen LogP contribution in [0, 0.1) is 23.0 Å². The first-order valence-electron chi connectivity index (χ1n) is 15.8. The van der Waals surface area contributed by atoms with Gasteiger partial charge in [-0.05, 0) is 47.1 Å². The number of benzene rings is 2. The Morgan fingerprint density at radius 2 is 1.65 bits per heavy atom. The Labute approximate surface area is 285 Å². The minimum Gasteiger partial charge on any atom is -0.493 e. The maximum atomic E-state index is 12.8. The van der Waals surface area contributed by atoms with Gasteiger partial charge in [-0.25, -0.2) is 8.42 Å². The van der Waals surface area contributed by atoms with Crippen LogP contribution >= 0.6 is 0 Å². The molecule has 14 nitrogen and oxygen atoms in total. The second-order valence-corrected chi connectivity index (χ2v) is 13.1. The van der Waals surface area contributed by atoms with Gasteiger partial charge < -0.3 is 29.5 Å². The van der Waals surface area contributed by atoms with Crippen molar-refractivity contribution < 1.29 is 51.3 Å². The monoisotopic (exact) mass is 699 g/mol. The van der Waals surface area contributed by atoms with E-state index >= 15 is 0 Å². The zero-order valence-electron chi connectivity index (χ0n) is 27.8. The fourth-order valence-corrected chi connectivity index (χ4v) is 5.70. The van der Waals surface area contributed by atoms with Gasteiger partial charge in [-0.15, -0.1) is 0 Å². The lowest BCUT2D eigenvalue weighted by atomic mass is 10.0. The molecule has 0 spiro atoms. The van der Waals surface area contributed by atoms with Crippen molar-refractivity contribution in [3.8, 4) is 29.2 Å². The normalized spacial score (nSPS) is 10.9. The summed E-state index contributed by atoms with van der Waals surface area (Å²) < 4.78 is 50.7. The first-order chi connectivity index (χ1) is 23.5. The molecule has 264 valence electrons. The van der Waals surface area contributed by atoms with Crippen molar-refractivity contribution in [1.29, 1.82) is 0 Å². The van der Waals surface area contributed by atoms with E-state index < -0.39 is 32.7 Å². The molecule has 0 radical (unpaired) electrons. The third-order valence-electron chi connectivity index (χ3n) is 6.98. The lowest BCUT2D eigenvalue weighted by molar-refractivity contribution is -0.832. The number of nitrogens with zero attached hydrogens (tertiary/aromatic N) is 2. The Morgan fingerprint density at radius 3 is 2.39 bits per heavy atom. The molecule has 0 aliphatic heterocycles. The molecule has 0 saturated heterocycles. The van der Waals surface area contributed by atoms with Crippen LogP contribution in [0.3, 0.4) is 0 Å². The van der Waals surface area contributed by atoms with E-state index in [0.717, 1.165) is 24.8 Å². The molecule has 0 aliphatic carbocycles. The van der Waals surface area contributed by atoms with E-state index in [9.17, 15) is 28.0 Å². The zero-order valence-corrected chi connectivity index (χ0v) is 28.6. The number of rotatable bonds is 19. The summed E-state index contributed by atoms with van der Waals surface area (Å²) >= 11 is 0. The molecule has 1 N–H and O–H groups in total. The number of aromatic nitrogens is 2. The van der Waals surface area contributed by atoms with Crippen LogP contribution in [-0.4, -0.2) is 51.7 Å². The van der Waals surface area contributed by atoms with E-state index in [1.165, 1.54) is 44.2 Å². The van der Waals surface area contributed by atoms with Crippen LogP contribution in [-0.2, 0) is 35.5 Å². The number of nitrogens with one attached hydrogen (secondary N) is 1. The average Bonchev–Trinajstić information content (AvgIpc) is 3.47. The number of carbonyl (C=O) groups excluding carboxylic acids is 3. The average molecular weight is 700 g/mol. The molecule has 2 aromatic carbocycles. The minimum atomic E-state index is -4.27. The maximum absolute atomic E-state index is 12.8. The summed E-state index contributed by atoms with van der Waals surface area (Å²) in [6, 6.07) is 12.1. The summed E-state index contributed by atoms with van der Waals surface area (Å²) in [6.07, 6.45) is 5.31. The Balaban J connectivity index is 1.36. The minimum absolute atomic E-state index is 0.0278. The molecule has 1 aromatic heterocycles. The van der Waals surface area contributed by atoms with Crippen LogP contribution in [0.25, 0.3) is 0 Å². The highest BCUT2D eigenvalue weighted by molar-refractivity contribution is 7.91. The standard InChI is InChI=1S/C34H41N3O11S/c1-25(2)13-7-4-5-10-16-30(38)35-24-26-17-18-28(29(23-26)44-3)47-32(40)20-19-31(39)45-21-11-12-22-46-33-34(37(41)48-36-33)49(42,43)27-14-8-6-9-15-27/h6,8-9,14-15,17-18,23,25H,4-5,7,10,13,16,19-22,24H2,1-3H3,(H,35,38). The van der Waals surface area contributed by atoms with Crippen molar-refractivity contribution in [1.82, 2.24) is 10.5 Å². The SMILES string of the molecule is COc1cc(CNC(=O)CCCCCCC(C)C)ccc1OC(=O)CCC(=O)OCC#CCOc1no[n+]([O-])c1S(=O)(=O)c1ccccc1. The van der Waals surface area contributed by atoms with E-state index in [-0.39, 0.29) is 47.5 Å². The molecule has 0 fully saturated rings. The van der Waals surface area contributed by atoms with Gasteiger partial charge in [-0.3, -0.25) is 19.0 Å². The van der Waals surface area contributed by atoms with E-state index in [4.69, 9.17) is 18.9 Å². The van der Waals surface area contributed by atoms with Gasteiger partial charge >= 0.3 is 22.8 Å². The highest BCUT2D eigenvalue weighted by Gasteiger charge is 2.35. The molecule has 0 saturated carbocycles. The largest absolute Gasteiger partial charge is 0.493 e. The molecule has 0 bridgehead atoms. The molecule has 0 atom stereocenters. The van der Waals surface area contributed by atoms with Gasteiger partial charge in [0.1, 0.15) is 0 Å². The van der Waals surface area contributed by atoms with Gasteiger partial charge in [0.05, 0.1) is 30.0 Å².